The van der Waals surface area contributed by atoms with Gasteiger partial charge in [0, 0.05) is 75.0 Å². The fourth-order valence-electron chi connectivity index (χ4n) is 15.0. The lowest BCUT2D eigenvalue weighted by Crippen LogP contribution is -2.07. The number of anilines is 6. The van der Waals surface area contributed by atoms with Crippen LogP contribution in [0.25, 0.3) is 14.5 Å². The number of aromatic nitrogens is 6. The van der Waals surface area contributed by atoms with Crippen molar-refractivity contribution in [1.29, 1.82) is 0 Å². The van der Waals surface area contributed by atoms with Crippen molar-refractivity contribution in [3.05, 3.63) is 228 Å². The Morgan fingerprint density at radius 2 is 0.649 bits per heavy atom. The highest BCUT2D eigenvalue weighted by Crippen LogP contribution is 2.45. The molecule has 15 rings (SSSR count). The Hall–Kier alpha value is -10.8. The highest BCUT2D eigenvalue weighted by atomic mass is 32.2. The number of hydrogen-bond donors (Lipinski definition) is 3. The Morgan fingerprint density at radius 1 is 0.377 bits per heavy atom. The Bertz CT molecular complexity index is 5310. The summed E-state index contributed by atoms with van der Waals surface area (Å²) in [6, 6.07) is 33.8. The van der Waals surface area contributed by atoms with Crippen LogP contribution in [-0.2, 0) is 82.2 Å². The minimum atomic E-state index is -3.52. The van der Waals surface area contributed by atoms with E-state index in [1.54, 1.807) is 36.4 Å². The quantitative estimate of drug-likeness (QED) is 0.0563. The smallest absolute Gasteiger partial charge is 0.273 e. The zero-order valence-electron chi connectivity index (χ0n) is 66.2. The van der Waals surface area contributed by atoms with Crippen LogP contribution in [0.3, 0.4) is 0 Å². The Morgan fingerprint density at radius 3 is 0.877 bits per heavy atom. The number of fused-ring (bicyclic) bond motifs is 3. The molecular formula is C87H93N15O9S3. The van der Waals surface area contributed by atoms with Crippen LogP contribution in [0, 0.1) is 19.7 Å². The third-order valence-electron chi connectivity index (χ3n) is 20.6. The summed E-state index contributed by atoms with van der Waals surface area (Å²) >= 11 is 0. The van der Waals surface area contributed by atoms with Crippen LogP contribution < -0.4 is 16.0 Å². The molecule has 588 valence electrons. The van der Waals surface area contributed by atoms with Crippen molar-refractivity contribution in [3.8, 4) is 0 Å². The number of aliphatic imine (C=N–C) groups is 3. The molecule has 3 atom stereocenters. The number of hydrogen-bond acceptors (Lipinski definition) is 21. The summed E-state index contributed by atoms with van der Waals surface area (Å²) in [7, 11) is -10.5. The van der Waals surface area contributed by atoms with Gasteiger partial charge in [0.15, 0.2) is 29.5 Å². The molecule has 3 aromatic carbocycles. The van der Waals surface area contributed by atoms with Crippen molar-refractivity contribution in [2.24, 2.45) is 15.0 Å². The fraction of sp³-hybridized carbons (Fsp3) is 0.379. The standard InChI is InChI=1S/3C29H31N5O3S/c3*1-17(2)22-10-9-20(33-29(22)30-4)15-21-16-25(28-24(32-21)13-18(3)31-28)34-23-11-8-19(26-7-6-12-37-26)14-27(23)38(5,35)36/h3*8-11,14,16-17,26H,6-7,12-13,15H2,1-3,5H3,(H,32,34)/t2*26-;/m10./s1. The van der Waals surface area contributed by atoms with E-state index in [-0.39, 0.29) is 50.8 Å². The summed E-state index contributed by atoms with van der Waals surface area (Å²) in [4.78, 5) is 53.9. The number of ether oxygens (including phenoxy) is 3. The van der Waals surface area contributed by atoms with Gasteiger partial charge >= 0.3 is 0 Å². The van der Waals surface area contributed by atoms with E-state index in [4.69, 9.17) is 63.9 Å². The lowest BCUT2D eigenvalue weighted by atomic mass is 10.0. The molecule has 12 heterocycles. The van der Waals surface area contributed by atoms with E-state index >= 15 is 0 Å². The van der Waals surface area contributed by atoms with Crippen LogP contribution in [0.1, 0.15) is 222 Å². The molecular weight excluding hydrogens is 1500 g/mol. The normalized spacial score (nSPS) is 16.8. The van der Waals surface area contributed by atoms with Crippen molar-refractivity contribution < 1.29 is 39.5 Å². The number of nitrogens with one attached hydrogen (secondary N) is 3. The predicted molar refractivity (Wildman–Crippen MR) is 447 cm³/mol. The predicted octanol–water partition coefficient (Wildman–Crippen LogP) is 19.2. The van der Waals surface area contributed by atoms with Gasteiger partial charge in [0.1, 0.15) is 34.1 Å². The third-order valence-corrected chi connectivity index (χ3v) is 24.0. The molecule has 9 aromatic rings. The van der Waals surface area contributed by atoms with Crippen LogP contribution in [0.2, 0.25) is 0 Å². The average Bonchev–Trinajstić information content (AvgIpc) is 1.03. The molecule has 6 aliphatic heterocycles. The summed E-state index contributed by atoms with van der Waals surface area (Å²) in [6.45, 7) is 42.8. The van der Waals surface area contributed by atoms with E-state index < -0.39 is 29.5 Å². The second-order valence-corrected chi connectivity index (χ2v) is 36.8. The first-order valence-corrected chi connectivity index (χ1v) is 44.0. The van der Waals surface area contributed by atoms with Crippen molar-refractivity contribution in [2.75, 3.05) is 54.5 Å². The van der Waals surface area contributed by atoms with Crippen LogP contribution in [0.5, 0.6) is 0 Å². The van der Waals surface area contributed by atoms with Crippen LogP contribution >= 0.6 is 0 Å². The molecule has 0 spiro atoms. The molecule has 3 fully saturated rings. The van der Waals surface area contributed by atoms with E-state index in [0.717, 1.165) is 157 Å². The molecule has 27 heteroatoms. The molecule has 0 aliphatic carbocycles. The highest BCUT2D eigenvalue weighted by molar-refractivity contribution is 7.91. The molecule has 24 nitrogen and oxygen atoms in total. The fourth-order valence-corrected chi connectivity index (χ4v) is 17.6. The number of rotatable bonds is 21. The monoisotopic (exact) mass is 1590 g/mol. The summed E-state index contributed by atoms with van der Waals surface area (Å²) in [5, 5.41) is 10.1. The van der Waals surface area contributed by atoms with Crippen LogP contribution in [0.15, 0.2) is 139 Å². The van der Waals surface area contributed by atoms with Crippen LogP contribution in [0.4, 0.5) is 68.6 Å². The molecule has 0 bridgehead atoms. The molecule has 0 amide bonds. The molecule has 0 radical (unpaired) electrons. The molecule has 3 N–H and O–H groups in total. The third kappa shape index (κ3) is 18.8. The van der Waals surface area contributed by atoms with E-state index in [1.165, 1.54) is 18.8 Å². The number of benzene rings is 3. The lowest BCUT2D eigenvalue weighted by molar-refractivity contribution is 0.111. The van der Waals surface area contributed by atoms with E-state index in [0.29, 0.717) is 110 Å². The molecule has 6 aromatic heterocycles. The minimum absolute atomic E-state index is 0.0801. The maximum absolute atomic E-state index is 12.8. The lowest BCUT2D eigenvalue weighted by Gasteiger charge is -2.17. The van der Waals surface area contributed by atoms with Crippen molar-refractivity contribution >= 4 is 115 Å². The topological polar surface area (TPSA) is 294 Å². The second-order valence-electron chi connectivity index (χ2n) is 30.9. The first-order valence-electron chi connectivity index (χ1n) is 38.4. The molecule has 0 saturated carbocycles. The van der Waals surface area contributed by atoms with Gasteiger partial charge in [-0.05, 0) is 183 Å². The van der Waals surface area contributed by atoms with Gasteiger partial charge in [-0.15, -0.1) is 15.0 Å². The van der Waals surface area contributed by atoms with Crippen molar-refractivity contribution in [2.45, 2.75) is 190 Å². The Labute approximate surface area is 668 Å². The van der Waals surface area contributed by atoms with Gasteiger partial charge in [-0.25, -0.2) is 25.3 Å². The SMILES string of the molecule is [C-]#[N+]c1nc(Cc2cc(Nc3ccc(C4CCCO4)cc3S(C)(=O)=O)c3c(n2)CC(C)=N3)ccc1C(C)C.[C-]#[N+]c1nc(Cc2cc(Nc3ccc([C@@H]4CCCO4)cc3S(C)(=O)=O)c3c(n2)CC(C)=N3)ccc1C(C)C.[C-]#[N+]c1nc(Cc2cc(Nc3ccc([C@H]4CCCO4)cc3S(C)(=O)=O)c3c(n2)CC(C)=N3)ccc1C(C)C. The van der Waals surface area contributed by atoms with Gasteiger partial charge in [-0.3, -0.25) is 29.9 Å². The first kappa shape index (κ1) is 81.2. The van der Waals surface area contributed by atoms with Gasteiger partial charge < -0.3 is 44.7 Å². The van der Waals surface area contributed by atoms with Gasteiger partial charge in [0.2, 0.25) is 0 Å². The maximum atomic E-state index is 12.8. The summed E-state index contributed by atoms with van der Waals surface area (Å²) < 4.78 is 94.1. The molecule has 114 heavy (non-hydrogen) atoms. The zero-order chi connectivity index (χ0) is 81.1. The molecule has 6 aliphatic rings. The van der Waals surface area contributed by atoms with Crippen LogP contribution in [-0.4, -0.2) is 111 Å². The largest absolute Gasteiger partial charge is 0.374 e. The number of pyridine rings is 6. The summed E-state index contributed by atoms with van der Waals surface area (Å²) in [5.74, 6) is 1.89. The van der Waals surface area contributed by atoms with Gasteiger partial charge in [-0.1, -0.05) is 97.7 Å². The Kier molecular flexibility index (Phi) is 24.3. The van der Waals surface area contributed by atoms with Crippen molar-refractivity contribution in [1.82, 2.24) is 29.9 Å². The van der Waals surface area contributed by atoms with Gasteiger partial charge in [0.25, 0.3) is 17.5 Å². The van der Waals surface area contributed by atoms with E-state index in [2.05, 4.69) is 45.4 Å². The number of sulfone groups is 3. The second kappa shape index (κ2) is 34.1. The summed E-state index contributed by atoms with van der Waals surface area (Å²) in [6.07, 6.45) is 12.2. The average molecular weight is 1590 g/mol. The molecule has 3 saturated heterocycles. The van der Waals surface area contributed by atoms with Gasteiger partial charge in [-0.2, -0.15) is 0 Å². The first-order chi connectivity index (χ1) is 54.4. The van der Waals surface area contributed by atoms with E-state index in [9.17, 15) is 25.3 Å². The van der Waals surface area contributed by atoms with E-state index in [1.807, 2.05) is 135 Å². The molecule has 1 unspecified atom stereocenters. The zero-order valence-corrected chi connectivity index (χ0v) is 68.7. The number of nitrogens with zero attached hydrogens (tertiary/aromatic N) is 12. The highest BCUT2D eigenvalue weighted by Gasteiger charge is 2.30. The summed E-state index contributed by atoms with van der Waals surface area (Å²) in [5.41, 5.74) is 21.0. The minimum Gasteiger partial charge on any atom is -0.374 e. The van der Waals surface area contributed by atoms with Gasteiger partial charge in [0.05, 0.1) is 121 Å². The Balaban J connectivity index is 0.000000149. The van der Waals surface area contributed by atoms with Crippen molar-refractivity contribution in [3.63, 3.8) is 0 Å². The maximum Gasteiger partial charge on any atom is 0.273 e.